The van der Waals surface area contributed by atoms with E-state index in [-0.39, 0.29) is 6.61 Å². The fourth-order valence-electron chi connectivity index (χ4n) is 4.29. The van der Waals surface area contributed by atoms with Crippen LogP contribution in [0.5, 0.6) is 0 Å². The normalized spacial score (nSPS) is 39.0. The summed E-state index contributed by atoms with van der Waals surface area (Å²) in [5.41, 5.74) is 0.454. The van der Waals surface area contributed by atoms with Gasteiger partial charge in [-0.05, 0) is 56.3 Å². The summed E-state index contributed by atoms with van der Waals surface area (Å²) in [4.78, 5) is 0. The van der Waals surface area contributed by atoms with Gasteiger partial charge in [0.05, 0.1) is 6.10 Å². The van der Waals surface area contributed by atoms with Crippen LogP contribution in [0.3, 0.4) is 0 Å². The zero-order valence-corrected chi connectivity index (χ0v) is 11.5. The van der Waals surface area contributed by atoms with Crippen LogP contribution >= 0.6 is 0 Å². The van der Waals surface area contributed by atoms with Gasteiger partial charge in [0.1, 0.15) is 0 Å². The molecule has 0 aromatic carbocycles. The van der Waals surface area contributed by atoms with Crippen LogP contribution in [0.25, 0.3) is 0 Å². The summed E-state index contributed by atoms with van der Waals surface area (Å²) in [5.74, 6) is 1.83. The molecule has 2 nitrogen and oxygen atoms in total. The van der Waals surface area contributed by atoms with Gasteiger partial charge in [0.15, 0.2) is 0 Å². The second-order valence-corrected chi connectivity index (χ2v) is 6.46. The minimum absolute atomic E-state index is 0.249. The van der Waals surface area contributed by atoms with Gasteiger partial charge in [-0.2, -0.15) is 0 Å². The first-order valence-corrected chi connectivity index (χ1v) is 7.39. The molecule has 0 aromatic heterocycles. The molecule has 1 N–H and O–H groups in total. The van der Waals surface area contributed by atoms with E-state index in [9.17, 15) is 0 Å². The summed E-state index contributed by atoms with van der Waals surface area (Å²) in [6.07, 6.45) is 9.51. The van der Waals surface area contributed by atoms with Crippen LogP contribution < -0.4 is 0 Å². The van der Waals surface area contributed by atoms with Crippen molar-refractivity contribution in [1.29, 1.82) is 0 Å². The lowest BCUT2D eigenvalue weighted by atomic mass is 9.57. The molecule has 2 bridgehead atoms. The average molecular weight is 240 g/mol. The van der Waals surface area contributed by atoms with Crippen LogP contribution in [0.2, 0.25) is 0 Å². The molecular formula is C15H28O2. The summed E-state index contributed by atoms with van der Waals surface area (Å²) < 4.78 is 5.99. The molecule has 0 spiro atoms. The first-order chi connectivity index (χ1) is 8.16. The Balaban J connectivity index is 1.95. The second-order valence-electron chi connectivity index (χ2n) is 6.46. The molecule has 0 amide bonds. The number of aliphatic hydroxyl groups is 1. The molecule has 2 aliphatic rings. The van der Waals surface area contributed by atoms with Crippen molar-refractivity contribution in [3.63, 3.8) is 0 Å². The lowest BCUT2D eigenvalue weighted by molar-refractivity contribution is -0.0916. The fraction of sp³-hybridized carbons (Fsp3) is 1.00. The fourth-order valence-corrected chi connectivity index (χ4v) is 4.29. The molecule has 0 aromatic rings. The topological polar surface area (TPSA) is 29.5 Å². The molecule has 100 valence electrons. The first kappa shape index (κ1) is 13.4. The highest BCUT2D eigenvalue weighted by Gasteiger charge is 2.45. The van der Waals surface area contributed by atoms with E-state index in [1.54, 1.807) is 0 Å². The molecule has 2 saturated carbocycles. The van der Waals surface area contributed by atoms with Gasteiger partial charge in [0, 0.05) is 13.2 Å². The van der Waals surface area contributed by atoms with Crippen LogP contribution in [-0.2, 0) is 4.74 Å². The van der Waals surface area contributed by atoms with Crippen molar-refractivity contribution in [2.24, 2.45) is 17.3 Å². The summed E-state index contributed by atoms with van der Waals surface area (Å²) in [6, 6.07) is 0. The molecule has 0 aliphatic heterocycles. The summed E-state index contributed by atoms with van der Waals surface area (Å²) in [7, 11) is 0. The Morgan fingerprint density at radius 2 is 2.24 bits per heavy atom. The SMILES string of the molecule is CC1CC2CCCC(C(C)OCCCO)(C1)C2. The number of ether oxygens (including phenoxy) is 1. The van der Waals surface area contributed by atoms with Crippen molar-refractivity contribution < 1.29 is 9.84 Å². The highest BCUT2D eigenvalue weighted by atomic mass is 16.5. The quantitative estimate of drug-likeness (QED) is 0.746. The van der Waals surface area contributed by atoms with E-state index < -0.39 is 0 Å². The van der Waals surface area contributed by atoms with Crippen LogP contribution in [0.15, 0.2) is 0 Å². The smallest absolute Gasteiger partial charge is 0.0603 e. The van der Waals surface area contributed by atoms with Crippen molar-refractivity contribution in [2.75, 3.05) is 13.2 Å². The maximum Gasteiger partial charge on any atom is 0.0603 e. The number of fused-ring (bicyclic) bond motifs is 2. The van der Waals surface area contributed by atoms with E-state index in [1.165, 1.54) is 38.5 Å². The molecule has 2 rings (SSSR count). The zero-order valence-electron chi connectivity index (χ0n) is 11.5. The van der Waals surface area contributed by atoms with Crippen LogP contribution in [-0.4, -0.2) is 24.4 Å². The molecule has 0 heterocycles. The molecule has 2 aliphatic carbocycles. The third-order valence-electron chi connectivity index (χ3n) is 5.01. The number of hydrogen-bond donors (Lipinski definition) is 1. The lowest BCUT2D eigenvalue weighted by Gasteiger charge is -2.50. The van der Waals surface area contributed by atoms with E-state index in [2.05, 4.69) is 13.8 Å². The van der Waals surface area contributed by atoms with Gasteiger partial charge in [-0.3, -0.25) is 0 Å². The maximum absolute atomic E-state index is 8.83. The summed E-state index contributed by atoms with van der Waals surface area (Å²) in [6.45, 7) is 5.64. The molecule has 17 heavy (non-hydrogen) atoms. The Labute approximate surface area is 106 Å². The number of hydrogen-bond acceptors (Lipinski definition) is 2. The van der Waals surface area contributed by atoms with E-state index in [1.807, 2.05) is 0 Å². The zero-order chi connectivity index (χ0) is 12.3. The molecule has 2 heteroatoms. The Hall–Kier alpha value is -0.0800. The Morgan fingerprint density at radius 1 is 1.41 bits per heavy atom. The van der Waals surface area contributed by atoms with Gasteiger partial charge in [-0.25, -0.2) is 0 Å². The molecule has 0 saturated heterocycles. The molecule has 0 radical (unpaired) electrons. The lowest BCUT2D eigenvalue weighted by Crippen LogP contribution is -2.44. The van der Waals surface area contributed by atoms with Crippen molar-refractivity contribution in [2.45, 2.75) is 64.9 Å². The van der Waals surface area contributed by atoms with Crippen molar-refractivity contribution in [3.8, 4) is 0 Å². The van der Waals surface area contributed by atoms with Crippen LogP contribution in [0, 0.1) is 17.3 Å². The summed E-state index contributed by atoms with van der Waals surface area (Å²) >= 11 is 0. The first-order valence-electron chi connectivity index (χ1n) is 7.39. The number of aliphatic hydroxyl groups excluding tert-OH is 1. The van der Waals surface area contributed by atoms with Crippen molar-refractivity contribution in [3.05, 3.63) is 0 Å². The van der Waals surface area contributed by atoms with Crippen molar-refractivity contribution in [1.82, 2.24) is 0 Å². The highest BCUT2D eigenvalue weighted by Crippen LogP contribution is 2.53. The standard InChI is InChI=1S/C15H28O2/c1-12-9-14-5-3-6-15(10-12,11-14)13(2)17-8-4-7-16/h12-14,16H,3-11H2,1-2H3. The second kappa shape index (κ2) is 5.71. The van der Waals surface area contributed by atoms with Gasteiger partial charge in [0.2, 0.25) is 0 Å². The third-order valence-corrected chi connectivity index (χ3v) is 5.01. The maximum atomic E-state index is 8.83. The minimum atomic E-state index is 0.249. The van der Waals surface area contributed by atoms with Crippen LogP contribution in [0.4, 0.5) is 0 Å². The molecule has 4 atom stereocenters. The summed E-state index contributed by atoms with van der Waals surface area (Å²) in [5, 5.41) is 8.83. The molecule has 2 fully saturated rings. The van der Waals surface area contributed by atoms with E-state index in [4.69, 9.17) is 9.84 Å². The Morgan fingerprint density at radius 3 is 3.00 bits per heavy atom. The van der Waals surface area contributed by atoms with E-state index >= 15 is 0 Å². The number of rotatable bonds is 5. The van der Waals surface area contributed by atoms with Gasteiger partial charge < -0.3 is 9.84 Å². The van der Waals surface area contributed by atoms with Gasteiger partial charge in [0.25, 0.3) is 0 Å². The van der Waals surface area contributed by atoms with E-state index in [0.29, 0.717) is 11.5 Å². The molecule has 4 unspecified atom stereocenters. The Bertz CT molecular complexity index is 237. The molecular weight excluding hydrogens is 212 g/mol. The van der Waals surface area contributed by atoms with Gasteiger partial charge >= 0.3 is 0 Å². The van der Waals surface area contributed by atoms with Gasteiger partial charge in [-0.1, -0.05) is 19.8 Å². The predicted octanol–water partition coefficient (Wildman–Crippen LogP) is 3.38. The Kier molecular flexibility index (Phi) is 4.48. The van der Waals surface area contributed by atoms with E-state index in [0.717, 1.165) is 24.9 Å². The highest BCUT2D eigenvalue weighted by molar-refractivity contribution is 4.96. The monoisotopic (exact) mass is 240 g/mol. The van der Waals surface area contributed by atoms with Crippen LogP contribution in [0.1, 0.15) is 58.8 Å². The largest absolute Gasteiger partial charge is 0.396 e. The van der Waals surface area contributed by atoms with Gasteiger partial charge in [-0.15, -0.1) is 0 Å². The average Bonchev–Trinajstić information content (AvgIpc) is 2.28. The van der Waals surface area contributed by atoms with Crippen molar-refractivity contribution >= 4 is 0 Å². The third kappa shape index (κ3) is 3.03. The minimum Gasteiger partial charge on any atom is -0.396 e. The predicted molar refractivity (Wildman–Crippen MR) is 69.9 cm³/mol.